The van der Waals surface area contributed by atoms with E-state index in [1.54, 1.807) is 11.0 Å². The van der Waals surface area contributed by atoms with E-state index in [-0.39, 0.29) is 24.9 Å². The van der Waals surface area contributed by atoms with Gasteiger partial charge in [0.1, 0.15) is 6.04 Å². The van der Waals surface area contributed by atoms with Gasteiger partial charge in [-0.15, -0.1) is 30.3 Å². The average Bonchev–Trinajstić information content (AvgIpc) is 2.73. The Morgan fingerprint density at radius 1 is 1.68 bits per heavy atom. The van der Waals surface area contributed by atoms with Crippen molar-refractivity contribution in [2.45, 2.75) is 12.6 Å². The third kappa shape index (κ3) is 5.93. The molecule has 19 heavy (non-hydrogen) atoms. The van der Waals surface area contributed by atoms with Gasteiger partial charge in [0.2, 0.25) is 5.91 Å². The first-order chi connectivity index (χ1) is 8.58. The van der Waals surface area contributed by atoms with Crippen LogP contribution in [0.25, 0.3) is 0 Å². The van der Waals surface area contributed by atoms with Crippen LogP contribution in [0.5, 0.6) is 0 Å². The molecular weight excluding hydrogens is 307 g/mol. The number of thiophene rings is 1. The van der Waals surface area contributed by atoms with Gasteiger partial charge in [-0.25, -0.2) is 0 Å². The second-order valence-electron chi connectivity index (χ2n) is 3.78. The second kappa shape index (κ2) is 9.34. The largest absolute Gasteiger partial charge is 0.383 e. The molecule has 7 heteroatoms. The number of halogens is 2. The van der Waals surface area contributed by atoms with E-state index in [9.17, 15) is 4.79 Å². The van der Waals surface area contributed by atoms with Crippen LogP contribution in [0.15, 0.2) is 24.8 Å². The minimum Gasteiger partial charge on any atom is -0.383 e. The van der Waals surface area contributed by atoms with Gasteiger partial charge in [-0.05, 0) is 12.1 Å². The van der Waals surface area contributed by atoms with Crippen molar-refractivity contribution in [1.29, 1.82) is 0 Å². The lowest BCUT2D eigenvalue weighted by atomic mass is 10.2. The fourth-order valence-electron chi connectivity index (χ4n) is 1.50. The van der Waals surface area contributed by atoms with Crippen LogP contribution in [-0.2, 0) is 16.1 Å². The molecule has 1 aromatic rings. The first-order valence-corrected chi connectivity index (χ1v) is 6.66. The molecule has 0 aliphatic rings. The van der Waals surface area contributed by atoms with Gasteiger partial charge in [0.15, 0.2) is 0 Å². The molecule has 0 bridgehead atoms. The van der Waals surface area contributed by atoms with Gasteiger partial charge in [0, 0.05) is 18.5 Å². The topological polar surface area (TPSA) is 55.6 Å². The molecule has 1 amide bonds. The number of hydrogen-bond acceptors (Lipinski definition) is 4. The summed E-state index contributed by atoms with van der Waals surface area (Å²) in [5, 5.41) is 0. The highest BCUT2D eigenvalue weighted by Gasteiger charge is 2.20. The van der Waals surface area contributed by atoms with Crippen LogP contribution in [-0.4, -0.2) is 37.1 Å². The number of rotatable bonds is 7. The fourth-order valence-corrected chi connectivity index (χ4v) is 2.60. The van der Waals surface area contributed by atoms with Crippen LogP contribution in [0, 0.1) is 0 Å². The number of nitrogens with zero attached hydrogens (tertiary/aromatic N) is 1. The predicted molar refractivity (Wildman–Crippen MR) is 82.0 cm³/mol. The molecular formula is C12H18Cl2N2O2S. The van der Waals surface area contributed by atoms with Gasteiger partial charge in [-0.2, -0.15) is 0 Å². The lowest BCUT2D eigenvalue weighted by Gasteiger charge is -2.23. The maximum Gasteiger partial charge on any atom is 0.242 e. The molecule has 2 N–H and O–H groups in total. The average molecular weight is 325 g/mol. The van der Waals surface area contributed by atoms with E-state index in [1.165, 1.54) is 18.4 Å². The first kappa shape index (κ1) is 18.4. The highest BCUT2D eigenvalue weighted by Crippen LogP contribution is 2.22. The Morgan fingerprint density at radius 2 is 2.37 bits per heavy atom. The summed E-state index contributed by atoms with van der Waals surface area (Å²) in [4.78, 5) is 14.7. The van der Waals surface area contributed by atoms with Crippen LogP contribution < -0.4 is 5.73 Å². The number of nitrogens with two attached hydrogens (primary N) is 1. The molecule has 1 heterocycles. The Balaban J connectivity index is 0.00000324. The fraction of sp³-hybridized carbons (Fsp3) is 0.417. The Morgan fingerprint density at radius 3 is 2.84 bits per heavy atom. The number of ether oxygens (including phenoxy) is 1. The minimum absolute atomic E-state index is 0. The Bertz CT molecular complexity index is 412. The molecule has 1 aromatic heterocycles. The van der Waals surface area contributed by atoms with E-state index in [1.807, 2.05) is 12.1 Å². The molecule has 108 valence electrons. The van der Waals surface area contributed by atoms with Crippen molar-refractivity contribution in [3.05, 3.63) is 34.0 Å². The minimum atomic E-state index is -0.648. The van der Waals surface area contributed by atoms with Crippen molar-refractivity contribution in [2.75, 3.05) is 20.3 Å². The summed E-state index contributed by atoms with van der Waals surface area (Å²) in [7, 11) is 1.52. The quantitative estimate of drug-likeness (QED) is 0.783. The van der Waals surface area contributed by atoms with E-state index >= 15 is 0 Å². The van der Waals surface area contributed by atoms with Gasteiger partial charge in [-0.1, -0.05) is 17.7 Å². The van der Waals surface area contributed by atoms with Crippen LogP contribution in [0.4, 0.5) is 0 Å². The molecule has 0 spiro atoms. The molecule has 0 aliphatic heterocycles. The van der Waals surface area contributed by atoms with Crippen molar-refractivity contribution >= 4 is 41.3 Å². The van der Waals surface area contributed by atoms with Gasteiger partial charge in [0.05, 0.1) is 17.5 Å². The van der Waals surface area contributed by atoms with E-state index in [0.717, 1.165) is 4.88 Å². The van der Waals surface area contributed by atoms with E-state index in [2.05, 4.69) is 6.58 Å². The second-order valence-corrected chi connectivity index (χ2v) is 5.57. The zero-order valence-corrected chi connectivity index (χ0v) is 13.1. The summed E-state index contributed by atoms with van der Waals surface area (Å²) < 4.78 is 5.60. The van der Waals surface area contributed by atoms with Gasteiger partial charge in [0.25, 0.3) is 0 Å². The van der Waals surface area contributed by atoms with Crippen molar-refractivity contribution in [2.24, 2.45) is 5.73 Å². The smallest absolute Gasteiger partial charge is 0.242 e. The summed E-state index contributed by atoms with van der Waals surface area (Å²) in [6, 6.07) is 3.07. The molecule has 1 rings (SSSR count). The van der Waals surface area contributed by atoms with Crippen molar-refractivity contribution in [1.82, 2.24) is 4.90 Å². The van der Waals surface area contributed by atoms with Gasteiger partial charge >= 0.3 is 0 Å². The zero-order valence-electron chi connectivity index (χ0n) is 10.7. The zero-order chi connectivity index (χ0) is 13.5. The van der Waals surface area contributed by atoms with Crippen molar-refractivity contribution in [3.63, 3.8) is 0 Å². The number of methoxy groups -OCH3 is 1. The van der Waals surface area contributed by atoms with Gasteiger partial charge < -0.3 is 15.4 Å². The third-order valence-corrected chi connectivity index (χ3v) is 3.52. The van der Waals surface area contributed by atoms with Crippen molar-refractivity contribution < 1.29 is 9.53 Å². The summed E-state index contributed by atoms with van der Waals surface area (Å²) in [5.74, 6) is -0.152. The summed E-state index contributed by atoms with van der Waals surface area (Å²) in [5.41, 5.74) is 5.74. The SMILES string of the molecule is C=CCN(Cc1ccc(Cl)s1)C(=O)C(N)COC.Cl. The van der Waals surface area contributed by atoms with E-state index in [0.29, 0.717) is 17.4 Å². The van der Waals surface area contributed by atoms with Crippen LogP contribution in [0.2, 0.25) is 4.34 Å². The Kier molecular flexibility index (Phi) is 9.05. The molecule has 0 saturated heterocycles. The van der Waals surface area contributed by atoms with Crippen LogP contribution in [0.3, 0.4) is 0 Å². The van der Waals surface area contributed by atoms with E-state index in [4.69, 9.17) is 22.1 Å². The number of carbonyl (C=O) groups is 1. The Hall–Kier alpha value is -0.590. The van der Waals surface area contributed by atoms with Crippen LogP contribution >= 0.6 is 35.3 Å². The number of hydrogen-bond donors (Lipinski definition) is 1. The van der Waals surface area contributed by atoms with Crippen LogP contribution in [0.1, 0.15) is 4.88 Å². The lowest BCUT2D eigenvalue weighted by Crippen LogP contribution is -2.45. The highest BCUT2D eigenvalue weighted by molar-refractivity contribution is 7.16. The summed E-state index contributed by atoms with van der Waals surface area (Å²) in [6.07, 6.45) is 1.67. The summed E-state index contributed by atoms with van der Waals surface area (Å²) in [6.45, 7) is 4.79. The molecule has 0 saturated carbocycles. The molecule has 4 nitrogen and oxygen atoms in total. The standard InChI is InChI=1S/C12H17ClN2O2S.ClH/c1-3-6-15(12(16)10(14)8-17-2)7-9-4-5-11(13)18-9;/h3-5,10H,1,6-8,14H2,2H3;1H. The number of carbonyl (C=O) groups excluding carboxylic acids is 1. The molecule has 0 radical (unpaired) electrons. The molecule has 0 aromatic carbocycles. The predicted octanol–water partition coefficient (Wildman–Crippen LogP) is 2.31. The van der Waals surface area contributed by atoms with Crippen molar-refractivity contribution in [3.8, 4) is 0 Å². The first-order valence-electron chi connectivity index (χ1n) is 5.47. The van der Waals surface area contributed by atoms with Gasteiger partial charge in [-0.3, -0.25) is 4.79 Å². The monoisotopic (exact) mass is 324 g/mol. The molecule has 0 fully saturated rings. The number of amides is 1. The molecule has 1 unspecified atom stereocenters. The highest BCUT2D eigenvalue weighted by atomic mass is 35.5. The maximum atomic E-state index is 12.1. The third-order valence-electron chi connectivity index (χ3n) is 2.30. The normalized spacial score (nSPS) is 11.5. The maximum absolute atomic E-state index is 12.1. The van der Waals surface area contributed by atoms with E-state index < -0.39 is 6.04 Å². The molecule has 1 atom stereocenters. The molecule has 0 aliphatic carbocycles. The Labute approximate surface area is 128 Å². The lowest BCUT2D eigenvalue weighted by molar-refractivity contribution is -0.133. The summed E-state index contributed by atoms with van der Waals surface area (Å²) >= 11 is 7.31.